The Morgan fingerprint density at radius 3 is 2.49 bits per heavy atom. The van der Waals surface area contributed by atoms with E-state index in [1.54, 1.807) is 24.9 Å². The summed E-state index contributed by atoms with van der Waals surface area (Å²) in [6.07, 6.45) is 4.72. The number of pyridine rings is 1. The molecule has 2 heterocycles. The molecular weight excluding hydrogens is 494 g/mol. The van der Waals surface area contributed by atoms with Crippen molar-refractivity contribution in [3.63, 3.8) is 0 Å². The monoisotopic (exact) mass is 539 g/mol. The number of nitrogens with one attached hydrogen (secondary N) is 1. The molecule has 1 aliphatic heterocycles. The van der Waals surface area contributed by atoms with E-state index in [0.29, 0.717) is 32.9 Å². The summed E-state index contributed by atoms with van der Waals surface area (Å²) in [7, 11) is 5.20. The maximum absolute atomic E-state index is 14.2. The van der Waals surface area contributed by atoms with Crippen molar-refractivity contribution < 1.29 is 19.0 Å². The molecule has 1 aromatic carbocycles. The molecule has 0 spiro atoms. The van der Waals surface area contributed by atoms with Gasteiger partial charge in [-0.1, -0.05) is 6.07 Å². The number of ether oxygens (including phenoxy) is 3. The third-order valence-electron chi connectivity index (χ3n) is 8.31. The summed E-state index contributed by atoms with van der Waals surface area (Å²) in [5.74, 6) is 0.815. The Morgan fingerprint density at radius 1 is 1.03 bits per heavy atom. The van der Waals surface area contributed by atoms with Gasteiger partial charge in [0.15, 0.2) is 0 Å². The van der Waals surface area contributed by atoms with Crippen molar-refractivity contribution in [3.8, 4) is 5.75 Å². The molecule has 8 heteroatoms. The van der Waals surface area contributed by atoms with Gasteiger partial charge in [-0.25, -0.2) is 0 Å². The number of piperidine rings is 1. The lowest BCUT2D eigenvalue weighted by atomic mass is 9.78. The zero-order valence-corrected chi connectivity index (χ0v) is 24.3. The van der Waals surface area contributed by atoms with Gasteiger partial charge in [0.2, 0.25) is 5.91 Å². The molecular formula is C31H45N3O5. The molecule has 4 rings (SSSR count). The van der Waals surface area contributed by atoms with E-state index in [-0.39, 0.29) is 29.3 Å². The first-order valence-corrected chi connectivity index (χ1v) is 14.3. The van der Waals surface area contributed by atoms with Gasteiger partial charge in [0.25, 0.3) is 5.56 Å². The predicted molar refractivity (Wildman–Crippen MR) is 152 cm³/mol. The van der Waals surface area contributed by atoms with Crippen molar-refractivity contribution in [2.45, 2.75) is 64.5 Å². The Morgan fingerprint density at radius 2 is 1.77 bits per heavy atom. The van der Waals surface area contributed by atoms with Gasteiger partial charge in [-0.3, -0.25) is 9.59 Å². The van der Waals surface area contributed by atoms with E-state index in [4.69, 9.17) is 14.2 Å². The van der Waals surface area contributed by atoms with Crippen LogP contribution < -0.4 is 15.6 Å². The van der Waals surface area contributed by atoms with Gasteiger partial charge >= 0.3 is 0 Å². The van der Waals surface area contributed by atoms with Gasteiger partial charge in [-0.15, -0.1) is 0 Å². The van der Waals surface area contributed by atoms with Crippen LogP contribution >= 0.6 is 0 Å². The lowest BCUT2D eigenvalue weighted by molar-refractivity contribution is -0.138. The number of aromatic nitrogens is 1. The van der Waals surface area contributed by atoms with Crippen LogP contribution in [0.2, 0.25) is 0 Å². The molecule has 1 aromatic heterocycles. The number of aryl methyl sites for hydroxylation is 1. The largest absolute Gasteiger partial charge is 0.491 e. The zero-order chi connectivity index (χ0) is 27.9. The van der Waals surface area contributed by atoms with Crippen molar-refractivity contribution in [2.24, 2.45) is 13.0 Å². The first-order chi connectivity index (χ1) is 18.8. The first kappa shape index (κ1) is 29.3. The molecule has 1 amide bonds. The van der Waals surface area contributed by atoms with Crippen molar-refractivity contribution in [2.75, 3.05) is 47.1 Å². The van der Waals surface area contributed by atoms with Gasteiger partial charge in [-0.05, 0) is 92.8 Å². The Labute approximate surface area is 232 Å². The highest BCUT2D eigenvalue weighted by Gasteiger charge is 2.40. The molecule has 1 saturated carbocycles. The van der Waals surface area contributed by atoms with Gasteiger partial charge < -0.3 is 29.0 Å². The van der Waals surface area contributed by atoms with E-state index < -0.39 is 0 Å². The fraction of sp³-hybridized carbons (Fsp3) is 0.613. The molecule has 1 N–H and O–H groups in total. The lowest BCUT2D eigenvalue weighted by Crippen LogP contribution is -2.47. The van der Waals surface area contributed by atoms with Crippen molar-refractivity contribution in [1.82, 2.24) is 14.8 Å². The van der Waals surface area contributed by atoms with Crippen LogP contribution in [-0.4, -0.2) is 68.5 Å². The molecule has 0 radical (unpaired) electrons. The van der Waals surface area contributed by atoms with E-state index >= 15 is 0 Å². The van der Waals surface area contributed by atoms with E-state index in [1.165, 1.54) is 5.56 Å². The Kier molecular flexibility index (Phi) is 10.2. The number of methoxy groups -OCH3 is 2. The third-order valence-corrected chi connectivity index (χ3v) is 8.31. The average Bonchev–Trinajstić information content (AvgIpc) is 3.78. The second-order valence-electron chi connectivity index (χ2n) is 11.0. The second kappa shape index (κ2) is 13.6. The fourth-order valence-electron chi connectivity index (χ4n) is 5.73. The Bertz CT molecular complexity index is 1160. The second-order valence-corrected chi connectivity index (χ2v) is 11.0. The van der Waals surface area contributed by atoms with Crippen LogP contribution in [0.4, 0.5) is 0 Å². The summed E-state index contributed by atoms with van der Waals surface area (Å²) in [6.45, 7) is 7.79. The van der Waals surface area contributed by atoms with E-state index in [1.807, 2.05) is 14.0 Å². The highest BCUT2D eigenvalue weighted by atomic mass is 16.5. The molecule has 1 unspecified atom stereocenters. The topological polar surface area (TPSA) is 82.0 Å². The molecule has 2 atom stereocenters. The van der Waals surface area contributed by atoms with Crippen LogP contribution in [0, 0.1) is 19.8 Å². The number of benzene rings is 1. The standard InChI is InChI=1S/C31H45N3O5/c1-21-22(2)33(3)30(35)18-28(21)27-10-11-32-19-29(27)31(36)34(25-8-9-25)20-24-15-23(7-6-12-37-4)16-26(17-24)39-14-13-38-5/h15-18,25,27,29,32H,6-14,19-20H2,1-5H3/t27?,29-/m0/s1. The Balaban J connectivity index is 1.59. The third kappa shape index (κ3) is 7.29. The van der Waals surface area contributed by atoms with Crippen molar-refractivity contribution in [1.29, 1.82) is 0 Å². The van der Waals surface area contributed by atoms with Crippen molar-refractivity contribution >= 4 is 5.91 Å². The fourth-order valence-corrected chi connectivity index (χ4v) is 5.73. The molecule has 1 saturated heterocycles. The van der Waals surface area contributed by atoms with Crippen LogP contribution in [0.15, 0.2) is 29.1 Å². The molecule has 2 aromatic rings. The number of carbonyl (C=O) groups excluding carboxylic acids is 1. The highest BCUT2D eigenvalue weighted by molar-refractivity contribution is 5.81. The number of rotatable bonds is 13. The SMILES string of the molecule is COCCCc1cc(CN(C(=O)[C@H]2CNCCC2c2cc(=O)n(C)c(C)c2C)C2CC2)cc(OCCOC)c1. The summed E-state index contributed by atoms with van der Waals surface area (Å²) in [5.41, 5.74) is 5.36. The molecule has 39 heavy (non-hydrogen) atoms. The maximum Gasteiger partial charge on any atom is 0.250 e. The van der Waals surface area contributed by atoms with Gasteiger partial charge in [0.1, 0.15) is 12.4 Å². The normalized spacial score (nSPS) is 19.2. The van der Waals surface area contributed by atoms with Crippen molar-refractivity contribution in [3.05, 3.63) is 62.6 Å². The summed E-state index contributed by atoms with van der Waals surface area (Å²) in [5, 5.41) is 3.45. The molecule has 0 bridgehead atoms. The molecule has 2 aliphatic rings. The first-order valence-electron chi connectivity index (χ1n) is 14.3. The summed E-state index contributed by atoms with van der Waals surface area (Å²) in [4.78, 5) is 29.0. The van der Waals surface area contributed by atoms with Crippen LogP contribution in [-0.2, 0) is 34.3 Å². The highest BCUT2D eigenvalue weighted by Crippen LogP contribution is 2.37. The van der Waals surface area contributed by atoms with E-state index in [9.17, 15) is 9.59 Å². The number of hydrogen-bond acceptors (Lipinski definition) is 6. The lowest BCUT2D eigenvalue weighted by Gasteiger charge is -2.36. The minimum absolute atomic E-state index is 0.0110. The number of nitrogens with zero attached hydrogens (tertiary/aromatic N) is 2. The molecule has 214 valence electrons. The predicted octanol–water partition coefficient (Wildman–Crippen LogP) is 3.49. The number of amides is 1. The van der Waals surface area contributed by atoms with Gasteiger partial charge in [-0.2, -0.15) is 0 Å². The summed E-state index contributed by atoms with van der Waals surface area (Å²) < 4.78 is 18.1. The summed E-state index contributed by atoms with van der Waals surface area (Å²) in [6, 6.07) is 8.37. The number of hydrogen-bond donors (Lipinski definition) is 1. The zero-order valence-electron chi connectivity index (χ0n) is 24.3. The van der Waals surface area contributed by atoms with Crippen LogP contribution in [0.5, 0.6) is 5.75 Å². The van der Waals surface area contributed by atoms with Crippen LogP contribution in [0.1, 0.15) is 59.5 Å². The molecule has 8 nitrogen and oxygen atoms in total. The molecule has 2 fully saturated rings. The van der Waals surface area contributed by atoms with Crippen LogP contribution in [0.3, 0.4) is 0 Å². The number of carbonyl (C=O) groups is 1. The quantitative estimate of drug-likeness (QED) is 0.393. The van der Waals surface area contributed by atoms with Crippen LogP contribution in [0.25, 0.3) is 0 Å². The summed E-state index contributed by atoms with van der Waals surface area (Å²) >= 11 is 0. The van der Waals surface area contributed by atoms with E-state index in [2.05, 4.69) is 35.3 Å². The van der Waals surface area contributed by atoms with E-state index in [0.717, 1.165) is 66.8 Å². The molecule has 1 aliphatic carbocycles. The smallest absolute Gasteiger partial charge is 0.250 e. The Hall–Kier alpha value is -2.68. The van der Waals surface area contributed by atoms with Gasteiger partial charge in [0, 0.05) is 58.8 Å². The minimum Gasteiger partial charge on any atom is -0.491 e. The van der Waals surface area contributed by atoms with Gasteiger partial charge in [0.05, 0.1) is 12.5 Å². The average molecular weight is 540 g/mol. The maximum atomic E-state index is 14.2. The minimum atomic E-state index is -0.202.